The minimum absolute atomic E-state index is 0.378. The van der Waals surface area contributed by atoms with E-state index in [2.05, 4.69) is 0 Å². The Kier molecular flexibility index (Phi) is 5.49. The lowest BCUT2D eigenvalue weighted by Gasteiger charge is -2.41. The first-order valence-electron chi connectivity index (χ1n) is 6.33. The van der Waals surface area contributed by atoms with Crippen LogP contribution in [-0.2, 0) is 10.0 Å². The van der Waals surface area contributed by atoms with Crippen molar-refractivity contribution in [1.82, 2.24) is 4.72 Å². The van der Waals surface area contributed by atoms with Crippen LogP contribution >= 0.6 is 22.9 Å². The SMILES string of the molecule is O=[N+]([O-])c1cc(S(=O)(=O)NC2[C@@H](O)[C@H](O)C(O)[C@H](O)[C@H]2O)sc1Cl. The molecule has 0 aromatic carbocycles. The molecule has 2 rings (SSSR count). The third kappa shape index (κ3) is 3.40. The zero-order chi connectivity index (χ0) is 18.4. The number of rotatable bonds is 4. The average molecular weight is 405 g/mol. The van der Waals surface area contributed by atoms with Gasteiger partial charge in [-0.2, -0.15) is 0 Å². The Hall–Kier alpha value is -0.900. The van der Waals surface area contributed by atoms with Crippen molar-refractivity contribution < 1.29 is 38.9 Å². The Bertz CT molecular complexity index is 723. The molecule has 1 saturated carbocycles. The molecule has 2 unspecified atom stereocenters. The molecule has 1 aliphatic rings. The molecule has 1 aromatic heterocycles. The number of thiophene rings is 1. The summed E-state index contributed by atoms with van der Waals surface area (Å²) in [5.74, 6) is 0. The highest BCUT2D eigenvalue weighted by Crippen LogP contribution is 2.36. The molecule has 1 fully saturated rings. The Labute approximate surface area is 143 Å². The second kappa shape index (κ2) is 6.78. The molecule has 6 N–H and O–H groups in total. The van der Waals surface area contributed by atoms with Gasteiger partial charge in [0.05, 0.1) is 11.0 Å². The molecule has 0 amide bonds. The molecule has 24 heavy (non-hydrogen) atoms. The quantitative estimate of drug-likeness (QED) is 0.238. The standard InChI is InChI=1S/C10H13ClN2O9S2/c11-10-2(13(19)20)1-3(23-10)24(21,22)12-4-5(14)7(16)9(18)8(17)6(4)15/h1,4-9,12,14-18H/t4?,5-,6+,7+,8-,9?. The lowest BCUT2D eigenvalue weighted by atomic mass is 9.84. The molecule has 11 nitrogen and oxygen atoms in total. The summed E-state index contributed by atoms with van der Waals surface area (Å²) in [4.78, 5) is 9.83. The maximum Gasteiger partial charge on any atom is 0.300 e. The van der Waals surface area contributed by atoms with Gasteiger partial charge in [-0.05, 0) is 0 Å². The number of nitrogens with zero attached hydrogens (tertiary/aromatic N) is 1. The minimum atomic E-state index is -4.47. The number of aliphatic hydroxyl groups excluding tert-OH is 5. The second-order valence-corrected chi connectivity index (χ2v) is 8.68. The number of sulfonamides is 1. The lowest BCUT2D eigenvalue weighted by Crippen LogP contribution is -2.68. The van der Waals surface area contributed by atoms with Gasteiger partial charge in [0.25, 0.3) is 15.7 Å². The van der Waals surface area contributed by atoms with Crippen LogP contribution in [0.4, 0.5) is 5.69 Å². The summed E-state index contributed by atoms with van der Waals surface area (Å²) < 4.78 is 25.4. The summed E-state index contributed by atoms with van der Waals surface area (Å²) in [5, 5.41) is 58.9. The van der Waals surface area contributed by atoms with Crippen molar-refractivity contribution in [2.45, 2.75) is 40.8 Å². The summed E-state index contributed by atoms with van der Waals surface area (Å²) in [5.41, 5.74) is -0.637. The number of nitro groups is 1. The molecule has 6 atom stereocenters. The lowest BCUT2D eigenvalue weighted by molar-refractivity contribution is -0.384. The Morgan fingerprint density at radius 2 is 1.54 bits per heavy atom. The molecule has 1 aromatic rings. The number of aliphatic hydroxyl groups is 5. The third-order valence-electron chi connectivity index (χ3n) is 3.53. The van der Waals surface area contributed by atoms with E-state index >= 15 is 0 Å². The van der Waals surface area contributed by atoms with E-state index in [9.17, 15) is 44.1 Å². The smallest absolute Gasteiger partial charge is 0.300 e. The van der Waals surface area contributed by atoms with Gasteiger partial charge in [0.15, 0.2) is 4.34 Å². The molecular formula is C10H13ClN2O9S2. The third-order valence-corrected chi connectivity index (χ3v) is 6.81. The van der Waals surface area contributed by atoms with Crippen LogP contribution < -0.4 is 4.72 Å². The summed E-state index contributed by atoms with van der Waals surface area (Å²) >= 11 is 5.96. The van der Waals surface area contributed by atoms with Crippen LogP contribution in [0.3, 0.4) is 0 Å². The summed E-state index contributed by atoms with van der Waals surface area (Å²) in [6.45, 7) is 0. The van der Waals surface area contributed by atoms with Crippen molar-refractivity contribution in [2.24, 2.45) is 0 Å². The van der Waals surface area contributed by atoms with Crippen molar-refractivity contribution in [3.8, 4) is 0 Å². The highest BCUT2D eigenvalue weighted by molar-refractivity contribution is 7.91. The van der Waals surface area contributed by atoms with Gasteiger partial charge in [0.2, 0.25) is 0 Å². The van der Waals surface area contributed by atoms with Gasteiger partial charge in [-0.15, -0.1) is 11.3 Å². The van der Waals surface area contributed by atoms with E-state index in [0.717, 1.165) is 0 Å². The van der Waals surface area contributed by atoms with Gasteiger partial charge in [-0.25, -0.2) is 13.1 Å². The fourth-order valence-corrected chi connectivity index (χ4v) is 5.15. The van der Waals surface area contributed by atoms with E-state index in [-0.39, 0.29) is 4.34 Å². The molecule has 0 saturated heterocycles. The zero-order valence-electron chi connectivity index (χ0n) is 11.6. The van der Waals surface area contributed by atoms with E-state index in [1.807, 2.05) is 4.72 Å². The fourth-order valence-electron chi connectivity index (χ4n) is 2.20. The Balaban J connectivity index is 2.31. The molecule has 1 heterocycles. The molecular weight excluding hydrogens is 392 g/mol. The first kappa shape index (κ1) is 19.4. The molecule has 0 aliphatic heterocycles. The van der Waals surface area contributed by atoms with Crippen LogP contribution in [0.5, 0.6) is 0 Å². The number of nitrogens with one attached hydrogen (secondary N) is 1. The fraction of sp³-hybridized carbons (Fsp3) is 0.600. The topological polar surface area (TPSA) is 190 Å². The zero-order valence-corrected chi connectivity index (χ0v) is 13.9. The van der Waals surface area contributed by atoms with Gasteiger partial charge >= 0.3 is 0 Å². The number of hydrogen-bond acceptors (Lipinski definition) is 10. The van der Waals surface area contributed by atoms with Crippen molar-refractivity contribution in [2.75, 3.05) is 0 Å². The van der Waals surface area contributed by atoms with E-state index in [1.54, 1.807) is 0 Å². The largest absolute Gasteiger partial charge is 0.389 e. The first-order valence-corrected chi connectivity index (χ1v) is 9.01. The van der Waals surface area contributed by atoms with Crippen LogP contribution in [0.1, 0.15) is 0 Å². The second-order valence-electron chi connectivity index (χ2n) is 5.08. The predicted octanol–water partition coefficient (Wildman–Crippen LogP) is -2.23. The highest BCUT2D eigenvalue weighted by atomic mass is 35.5. The van der Waals surface area contributed by atoms with E-state index in [4.69, 9.17) is 11.6 Å². The van der Waals surface area contributed by atoms with E-state index in [1.165, 1.54) is 0 Å². The first-order chi connectivity index (χ1) is 11.0. The van der Waals surface area contributed by atoms with Crippen LogP contribution in [0, 0.1) is 10.1 Å². The molecule has 1 aliphatic carbocycles. The summed E-state index contributed by atoms with van der Waals surface area (Å²) in [6, 6.07) is -1.07. The normalized spacial score (nSPS) is 34.2. The maximum absolute atomic E-state index is 12.2. The van der Waals surface area contributed by atoms with Crippen molar-refractivity contribution >= 4 is 38.6 Å². The summed E-state index contributed by atoms with van der Waals surface area (Å²) in [6.07, 6.45) is -9.58. The van der Waals surface area contributed by atoms with Crippen LogP contribution in [0.2, 0.25) is 4.34 Å². The van der Waals surface area contributed by atoms with E-state index in [0.29, 0.717) is 17.4 Å². The van der Waals surface area contributed by atoms with Gasteiger partial charge in [0.1, 0.15) is 34.7 Å². The van der Waals surface area contributed by atoms with Crippen LogP contribution in [0.15, 0.2) is 10.3 Å². The van der Waals surface area contributed by atoms with Gasteiger partial charge < -0.3 is 25.5 Å². The Morgan fingerprint density at radius 1 is 1.08 bits per heavy atom. The molecule has 14 heteroatoms. The molecule has 0 bridgehead atoms. The summed E-state index contributed by atoms with van der Waals surface area (Å²) in [7, 11) is -4.47. The molecule has 0 spiro atoms. The van der Waals surface area contributed by atoms with Gasteiger partial charge in [0, 0.05) is 6.07 Å². The average Bonchev–Trinajstić information content (AvgIpc) is 2.91. The van der Waals surface area contributed by atoms with Gasteiger partial charge in [-0.1, -0.05) is 11.6 Å². The predicted molar refractivity (Wildman–Crippen MR) is 80.1 cm³/mol. The Morgan fingerprint density at radius 3 is 1.96 bits per heavy atom. The maximum atomic E-state index is 12.2. The highest BCUT2D eigenvalue weighted by Gasteiger charge is 2.49. The van der Waals surface area contributed by atoms with Crippen molar-refractivity contribution in [3.63, 3.8) is 0 Å². The number of halogens is 1. The van der Waals surface area contributed by atoms with Crippen LogP contribution in [-0.4, -0.2) is 75.4 Å². The monoisotopic (exact) mass is 404 g/mol. The minimum Gasteiger partial charge on any atom is -0.389 e. The molecule has 0 radical (unpaired) electrons. The van der Waals surface area contributed by atoms with Crippen molar-refractivity contribution in [3.05, 3.63) is 20.5 Å². The van der Waals surface area contributed by atoms with Crippen molar-refractivity contribution in [1.29, 1.82) is 0 Å². The molecule has 136 valence electrons. The van der Waals surface area contributed by atoms with Gasteiger partial charge in [-0.3, -0.25) is 10.1 Å². The number of hydrogen-bond donors (Lipinski definition) is 6. The van der Waals surface area contributed by atoms with E-state index < -0.39 is 61.4 Å². The van der Waals surface area contributed by atoms with Crippen LogP contribution in [0.25, 0.3) is 0 Å².